The molecule has 2 unspecified atom stereocenters. The lowest BCUT2D eigenvalue weighted by Gasteiger charge is -2.25. The van der Waals surface area contributed by atoms with Crippen molar-refractivity contribution in [3.8, 4) is 0 Å². The number of hydrogen-bond donors (Lipinski definition) is 0. The first-order valence-electron chi connectivity index (χ1n) is 9.15. The largest absolute Gasteiger partial charge is 0.468 e. The molecule has 1 saturated heterocycles. The fourth-order valence-corrected chi connectivity index (χ4v) is 4.47. The molecule has 0 spiro atoms. The second kappa shape index (κ2) is 5.69. The van der Waals surface area contributed by atoms with Crippen molar-refractivity contribution >= 4 is 0 Å². The molecule has 3 aliphatic rings. The maximum absolute atomic E-state index is 12.5. The van der Waals surface area contributed by atoms with Crippen molar-refractivity contribution in [1.29, 1.82) is 0 Å². The molecule has 2 atom stereocenters. The zero-order valence-corrected chi connectivity index (χ0v) is 14.1. The van der Waals surface area contributed by atoms with Crippen LogP contribution >= 0.6 is 0 Å². The van der Waals surface area contributed by atoms with E-state index in [1.807, 2.05) is 12.1 Å². The van der Waals surface area contributed by atoms with Gasteiger partial charge in [0, 0.05) is 38.0 Å². The highest BCUT2D eigenvalue weighted by molar-refractivity contribution is 5.12. The third-order valence-corrected chi connectivity index (χ3v) is 6.04. The highest BCUT2D eigenvalue weighted by Gasteiger charge is 2.42. The molecule has 25 heavy (non-hydrogen) atoms. The zero-order chi connectivity index (χ0) is 17.0. The summed E-state index contributed by atoms with van der Waals surface area (Å²) in [5.41, 5.74) is -0.848. The van der Waals surface area contributed by atoms with Crippen LogP contribution in [0.1, 0.15) is 36.8 Å². The Morgan fingerprint density at radius 1 is 1.16 bits per heavy atom. The number of fused-ring (bicyclic) bond motifs is 3. The minimum absolute atomic E-state index is 0.232. The van der Waals surface area contributed by atoms with Gasteiger partial charge in [-0.3, -0.25) is 19.1 Å². The minimum atomic E-state index is -0.455. The van der Waals surface area contributed by atoms with Crippen molar-refractivity contribution in [2.75, 3.05) is 13.1 Å². The predicted molar refractivity (Wildman–Crippen MR) is 90.3 cm³/mol. The Kier molecular flexibility index (Phi) is 3.45. The van der Waals surface area contributed by atoms with Crippen LogP contribution in [-0.2, 0) is 19.6 Å². The van der Waals surface area contributed by atoms with Crippen LogP contribution in [0.4, 0.5) is 0 Å². The molecule has 0 amide bonds. The Morgan fingerprint density at radius 2 is 2.04 bits per heavy atom. The molecule has 132 valence electrons. The number of rotatable bonds is 4. The van der Waals surface area contributed by atoms with Gasteiger partial charge in [0.05, 0.1) is 12.8 Å². The Labute approximate surface area is 144 Å². The van der Waals surface area contributed by atoms with Crippen LogP contribution in [0, 0.1) is 11.8 Å². The normalized spacial score (nSPS) is 25.8. The molecule has 0 N–H and O–H groups in total. The van der Waals surface area contributed by atoms with Crippen molar-refractivity contribution in [3.05, 3.63) is 50.7 Å². The summed E-state index contributed by atoms with van der Waals surface area (Å²) in [6, 6.07) is 3.89. The molecule has 0 aromatic carbocycles. The lowest BCUT2D eigenvalue weighted by molar-refractivity contribution is 0.255. The number of furan rings is 1. The van der Waals surface area contributed by atoms with Gasteiger partial charge in [0.2, 0.25) is 0 Å². The average Bonchev–Trinajstić information content (AvgIpc) is 3.25. The van der Waals surface area contributed by atoms with Crippen LogP contribution in [0.15, 0.2) is 32.4 Å². The standard InChI is InChI=1S/C18H22N4O3/c23-17-18(24)22(7-12-3-1-4-12)19-16-15-11-20(8-13(15)9-21(16)17)10-14-5-2-6-25-14/h2,5-6,12-13,15H,1,3-4,7-11H2. The summed E-state index contributed by atoms with van der Waals surface area (Å²) in [6.07, 6.45) is 5.18. The van der Waals surface area contributed by atoms with Crippen LogP contribution in [0.5, 0.6) is 0 Å². The quantitative estimate of drug-likeness (QED) is 0.776. The van der Waals surface area contributed by atoms with Gasteiger partial charge in [-0.2, -0.15) is 5.10 Å². The molecule has 0 bridgehead atoms. The highest BCUT2D eigenvalue weighted by Crippen LogP contribution is 2.37. The van der Waals surface area contributed by atoms with E-state index in [-0.39, 0.29) is 5.92 Å². The first-order chi connectivity index (χ1) is 12.2. The lowest BCUT2D eigenvalue weighted by Crippen LogP contribution is -2.45. The van der Waals surface area contributed by atoms with Gasteiger partial charge >= 0.3 is 11.1 Å². The van der Waals surface area contributed by atoms with Gasteiger partial charge in [0.1, 0.15) is 11.6 Å². The van der Waals surface area contributed by atoms with E-state index in [0.29, 0.717) is 24.9 Å². The van der Waals surface area contributed by atoms with Crippen LogP contribution < -0.4 is 11.1 Å². The molecule has 2 fully saturated rings. The zero-order valence-electron chi connectivity index (χ0n) is 14.1. The van der Waals surface area contributed by atoms with E-state index >= 15 is 0 Å². The SMILES string of the molecule is O=c1c(=O)n2c(nn1CC1CCC1)C1CN(Cc3ccco3)CC1C2. The Bertz CT molecular complexity index is 894. The van der Waals surface area contributed by atoms with Gasteiger partial charge in [-0.25, -0.2) is 4.68 Å². The van der Waals surface area contributed by atoms with Crippen molar-refractivity contribution in [2.45, 2.75) is 44.8 Å². The summed E-state index contributed by atoms with van der Waals surface area (Å²) in [5, 5.41) is 4.63. The second-order valence-electron chi connectivity index (χ2n) is 7.70. The third-order valence-electron chi connectivity index (χ3n) is 6.04. The fourth-order valence-electron chi connectivity index (χ4n) is 4.47. The van der Waals surface area contributed by atoms with Gasteiger partial charge in [0.15, 0.2) is 0 Å². The molecule has 0 radical (unpaired) electrons. The first-order valence-corrected chi connectivity index (χ1v) is 9.15. The van der Waals surface area contributed by atoms with Crippen LogP contribution in [0.3, 0.4) is 0 Å². The minimum Gasteiger partial charge on any atom is -0.468 e. The Hall–Kier alpha value is -2.15. The maximum Gasteiger partial charge on any atom is 0.332 e. The third kappa shape index (κ3) is 2.49. The number of aromatic nitrogens is 3. The number of nitrogens with zero attached hydrogens (tertiary/aromatic N) is 4. The van der Waals surface area contributed by atoms with Gasteiger partial charge in [-0.05, 0) is 30.9 Å². The van der Waals surface area contributed by atoms with Gasteiger partial charge in [-0.15, -0.1) is 0 Å². The molecule has 1 aliphatic carbocycles. The Morgan fingerprint density at radius 3 is 2.76 bits per heavy atom. The Balaban J connectivity index is 1.41. The monoisotopic (exact) mass is 342 g/mol. The van der Waals surface area contributed by atoms with Gasteiger partial charge < -0.3 is 4.42 Å². The van der Waals surface area contributed by atoms with E-state index in [1.165, 1.54) is 11.1 Å². The molecule has 2 aromatic rings. The van der Waals surface area contributed by atoms with E-state index in [9.17, 15) is 9.59 Å². The van der Waals surface area contributed by atoms with E-state index in [4.69, 9.17) is 4.42 Å². The van der Waals surface area contributed by atoms with Crippen molar-refractivity contribution in [3.63, 3.8) is 0 Å². The van der Waals surface area contributed by atoms with Crippen LogP contribution in [-0.4, -0.2) is 32.3 Å². The molecule has 5 rings (SSSR count). The van der Waals surface area contributed by atoms with E-state index in [2.05, 4.69) is 10.00 Å². The summed E-state index contributed by atoms with van der Waals surface area (Å²) < 4.78 is 8.51. The van der Waals surface area contributed by atoms with Crippen molar-refractivity contribution in [2.24, 2.45) is 11.8 Å². The van der Waals surface area contributed by atoms with E-state index in [0.717, 1.165) is 44.1 Å². The van der Waals surface area contributed by atoms with Crippen molar-refractivity contribution in [1.82, 2.24) is 19.2 Å². The smallest absolute Gasteiger partial charge is 0.332 e. The lowest BCUT2D eigenvalue weighted by atomic mass is 9.85. The van der Waals surface area contributed by atoms with Crippen molar-refractivity contribution < 1.29 is 4.42 Å². The topological polar surface area (TPSA) is 73.3 Å². The maximum atomic E-state index is 12.5. The van der Waals surface area contributed by atoms with Crippen LogP contribution in [0.2, 0.25) is 0 Å². The molecule has 4 heterocycles. The summed E-state index contributed by atoms with van der Waals surface area (Å²) in [6.45, 7) is 3.76. The predicted octanol–water partition coefficient (Wildman–Crippen LogP) is 1.03. The van der Waals surface area contributed by atoms with E-state index < -0.39 is 11.1 Å². The van der Waals surface area contributed by atoms with Gasteiger partial charge in [-0.1, -0.05) is 6.42 Å². The van der Waals surface area contributed by atoms with E-state index in [1.54, 1.807) is 10.8 Å². The molecular weight excluding hydrogens is 320 g/mol. The number of hydrogen-bond acceptors (Lipinski definition) is 5. The summed E-state index contributed by atoms with van der Waals surface area (Å²) in [5.74, 6) is 2.85. The van der Waals surface area contributed by atoms with Crippen LogP contribution in [0.25, 0.3) is 0 Å². The molecule has 7 nitrogen and oxygen atoms in total. The average molecular weight is 342 g/mol. The second-order valence-corrected chi connectivity index (χ2v) is 7.70. The summed E-state index contributed by atoms with van der Waals surface area (Å²) in [7, 11) is 0. The molecule has 2 aliphatic heterocycles. The molecule has 1 saturated carbocycles. The molecule has 7 heteroatoms. The summed E-state index contributed by atoms with van der Waals surface area (Å²) >= 11 is 0. The summed E-state index contributed by atoms with van der Waals surface area (Å²) in [4.78, 5) is 27.2. The number of likely N-dealkylation sites (tertiary alicyclic amines) is 1. The molecule has 2 aromatic heterocycles. The highest BCUT2D eigenvalue weighted by atomic mass is 16.3. The molecular formula is C18H22N4O3. The van der Waals surface area contributed by atoms with Gasteiger partial charge in [0.25, 0.3) is 0 Å². The fraction of sp³-hybridized carbons (Fsp3) is 0.611. The first kappa shape index (κ1) is 15.1.